The van der Waals surface area contributed by atoms with Gasteiger partial charge in [-0.15, -0.1) is 0 Å². The van der Waals surface area contributed by atoms with Crippen molar-refractivity contribution in [3.05, 3.63) is 0 Å². The summed E-state index contributed by atoms with van der Waals surface area (Å²) in [6.07, 6.45) is 0. The van der Waals surface area contributed by atoms with E-state index in [1.807, 2.05) is 20.8 Å². The molecule has 0 radical (unpaired) electrons. The van der Waals surface area contributed by atoms with Gasteiger partial charge >= 0.3 is 5.97 Å². The highest BCUT2D eigenvalue weighted by Crippen LogP contribution is 2.11. The third-order valence-corrected chi connectivity index (χ3v) is 1.04. The molecule has 0 spiro atoms. The van der Waals surface area contributed by atoms with Gasteiger partial charge in [-0.05, 0) is 41.5 Å². The largest absolute Gasteiger partial charge is 0.481 e. The van der Waals surface area contributed by atoms with E-state index in [2.05, 4.69) is 4.74 Å². The zero-order valence-corrected chi connectivity index (χ0v) is 9.75. The van der Waals surface area contributed by atoms with Crippen LogP contribution in [-0.2, 0) is 14.3 Å². The number of hydrogen-bond donors (Lipinski definition) is 1. The molecule has 0 saturated carbocycles. The van der Waals surface area contributed by atoms with Gasteiger partial charge < -0.3 is 9.84 Å². The van der Waals surface area contributed by atoms with Gasteiger partial charge in [0.05, 0.1) is 5.41 Å². The molecule has 0 rings (SSSR count). The Bertz CT molecular complexity index is 183. The maximum Gasteiger partial charge on any atom is 0.308 e. The fourth-order valence-corrected chi connectivity index (χ4v) is 0.144. The number of hydrogen-bond acceptors (Lipinski definition) is 3. The Morgan fingerprint density at radius 2 is 1.43 bits per heavy atom. The van der Waals surface area contributed by atoms with Gasteiger partial charge in [-0.1, -0.05) is 0 Å². The van der Waals surface area contributed by atoms with Gasteiger partial charge in [-0.25, -0.2) is 0 Å². The molecule has 1 N–H and O–H groups in total. The van der Waals surface area contributed by atoms with Crippen molar-refractivity contribution in [1.29, 1.82) is 0 Å². The van der Waals surface area contributed by atoms with E-state index in [9.17, 15) is 9.59 Å². The second kappa shape index (κ2) is 5.62. The molecule has 0 aromatic rings. The topological polar surface area (TPSA) is 63.6 Å². The van der Waals surface area contributed by atoms with Crippen LogP contribution < -0.4 is 0 Å². The minimum absolute atomic E-state index is 0.318. The number of carbonyl (C=O) groups excluding carboxylic acids is 1. The van der Waals surface area contributed by atoms with Crippen LogP contribution in [0.1, 0.15) is 41.5 Å². The summed E-state index contributed by atoms with van der Waals surface area (Å²) in [5.74, 6) is -0.757. The average Bonchev–Trinajstić information content (AvgIpc) is 1.82. The predicted molar refractivity (Wildman–Crippen MR) is 54.0 cm³/mol. The highest BCUT2D eigenvalue weighted by molar-refractivity contribution is 5.72. The van der Waals surface area contributed by atoms with Crippen LogP contribution in [0.3, 0.4) is 0 Å². The van der Waals surface area contributed by atoms with Gasteiger partial charge in [0.15, 0.2) is 0 Å². The summed E-state index contributed by atoms with van der Waals surface area (Å²) in [5, 5.41) is 8.25. The quantitative estimate of drug-likeness (QED) is 0.664. The summed E-state index contributed by atoms with van der Waals surface area (Å²) in [6, 6.07) is 0. The van der Waals surface area contributed by atoms with E-state index in [-0.39, 0.29) is 5.60 Å². The first-order valence-electron chi connectivity index (χ1n) is 4.35. The standard InChI is InChI=1S/2C5H10O2/c1-5(2,3)7-4-6;1-5(2,3)4(6)7/h4H,1-3H3;1-3H3,(H,6,7). The Labute approximate surface area is 85.3 Å². The van der Waals surface area contributed by atoms with Crippen LogP contribution in [-0.4, -0.2) is 23.1 Å². The van der Waals surface area contributed by atoms with Crippen molar-refractivity contribution in [1.82, 2.24) is 0 Å². The van der Waals surface area contributed by atoms with E-state index in [1.54, 1.807) is 20.8 Å². The molecular weight excluding hydrogens is 184 g/mol. The number of ether oxygens (including phenoxy) is 1. The maximum atomic E-state index is 10.0. The number of rotatable bonds is 1. The van der Waals surface area contributed by atoms with Crippen molar-refractivity contribution in [2.45, 2.75) is 47.1 Å². The molecule has 14 heavy (non-hydrogen) atoms. The molecule has 0 amide bonds. The normalized spacial score (nSPS) is 11.0. The van der Waals surface area contributed by atoms with Crippen LogP contribution in [0.25, 0.3) is 0 Å². The Morgan fingerprint density at radius 3 is 1.43 bits per heavy atom. The lowest BCUT2D eigenvalue weighted by Gasteiger charge is -2.14. The van der Waals surface area contributed by atoms with Crippen molar-refractivity contribution in [3.63, 3.8) is 0 Å². The molecule has 0 aliphatic heterocycles. The van der Waals surface area contributed by atoms with E-state index in [1.165, 1.54) is 0 Å². The molecular formula is C10H20O4. The zero-order valence-electron chi connectivity index (χ0n) is 9.75. The number of carbonyl (C=O) groups is 2. The summed E-state index contributed by atoms with van der Waals surface area (Å²) < 4.78 is 4.55. The molecule has 4 nitrogen and oxygen atoms in total. The van der Waals surface area contributed by atoms with E-state index < -0.39 is 11.4 Å². The van der Waals surface area contributed by atoms with Crippen LogP contribution in [0.15, 0.2) is 0 Å². The Hall–Kier alpha value is -1.06. The van der Waals surface area contributed by atoms with E-state index >= 15 is 0 Å². The summed E-state index contributed by atoms with van der Waals surface area (Å²) in [5.41, 5.74) is -0.901. The minimum Gasteiger partial charge on any atom is -0.481 e. The molecule has 0 unspecified atom stereocenters. The third-order valence-electron chi connectivity index (χ3n) is 1.04. The molecule has 0 aliphatic carbocycles. The number of aliphatic carboxylic acids is 1. The number of carboxylic acids is 1. The first-order chi connectivity index (χ1) is 6.00. The third kappa shape index (κ3) is 13.5. The number of carboxylic acid groups (broad SMARTS) is 1. The van der Waals surface area contributed by atoms with Crippen molar-refractivity contribution in [2.75, 3.05) is 0 Å². The maximum absolute atomic E-state index is 10.0. The highest BCUT2D eigenvalue weighted by Gasteiger charge is 2.18. The summed E-state index contributed by atoms with van der Waals surface area (Å²) in [7, 11) is 0. The van der Waals surface area contributed by atoms with Crippen LogP contribution in [0.5, 0.6) is 0 Å². The lowest BCUT2D eigenvalue weighted by molar-refractivity contribution is -0.145. The average molecular weight is 204 g/mol. The van der Waals surface area contributed by atoms with Gasteiger partial charge in [0, 0.05) is 0 Å². The molecule has 0 aromatic heterocycles. The van der Waals surface area contributed by atoms with Crippen molar-refractivity contribution in [2.24, 2.45) is 5.41 Å². The Kier molecular flexibility index (Phi) is 6.19. The summed E-state index contributed by atoms with van der Waals surface area (Å²) >= 11 is 0. The lowest BCUT2D eigenvalue weighted by Crippen LogP contribution is -2.18. The lowest BCUT2D eigenvalue weighted by atomic mass is 9.98. The molecule has 0 atom stereocenters. The Morgan fingerprint density at radius 1 is 1.14 bits per heavy atom. The van der Waals surface area contributed by atoms with E-state index in [0.29, 0.717) is 6.47 Å². The molecule has 84 valence electrons. The van der Waals surface area contributed by atoms with Gasteiger partial charge in [0.2, 0.25) is 0 Å². The van der Waals surface area contributed by atoms with Crippen molar-refractivity contribution < 1.29 is 19.4 Å². The van der Waals surface area contributed by atoms with Crippen molar-refractivity contribution in [3.8, 4) is 0 Å². The molecule has 0 bridgehead atoms. The first kappa shape index (κ1) is 15.4. The molecule has 0 aliphatic rings. The van der Waals surface area contributed by atoms with Gasteiger partial charge in [0.25, 0.3) is 6.47 Å². The van der Waals surface area contributed by atoms with Gasteiger partial charge in [0.1, 0.15) is 5.60 Å². The monoisotopic (exact) mass is 204 g/mol. The van der Waals surface area contributed by atoms with E-state index in [4.69, 9.17) is 5.11 Å². The predicted octanol–water partition coefficient (Wildman–Crippen LogP) is 2.08. The smallest absolute Gasteiger partial charge is 0.308 e. The van der Waals surface area contributed by atoms with Gasteiger partial charge in [-0.3, -0.25) is 9.59 Å². The molecule has 0 fully saturated rings. The van der Waals surface area contributed by atoms with E-state index in [0.717, 1.165) is 0 Å². The highest BCUT2D eigenvalue weighted by atomic mass is 16.5. The van der Waals surface area contributed by atoms with Crippen LogP contribution in [0.4, 0.5) is 0 Å². The SMILES string of the molecule is CC(C)(C)C(=O)O.CC(C)(C)OC=O. The van der Waals surface area contributed by atoms with Crippen molar-refractivity contribution >= 4 is 12.4 Å². The summed E-state index contributed by atoms with van der Waals surface area (Å²) in [6.45, 7) is 10.9. The first-order valence-corrected chi connectivity index (χ1v) is 4.35. The molecule has 0 saturated heterocycles. The second-order valence-electron chi connectivity index (χ2n) is 4.88. The second-order valence-corrected chi connectivity index (χ2v) is 4.88. The summed E-state index contributed by atoms with van der Waals surface area (Å²) in [4.78, 5) is 19.6. The fraction of sp³-hybridized carbons (Fsp3) is 0.800. The Balaban J connectivity index is 0. The fourth-order valence-electron chi connectivity index (χ4n) is 0.144. The van der Waals surface area contributed by atoms with Gasteiger partial charge in [-0.2, -0.15) is 0 Å². The molecule has 4 heteroatoms. The van der Waals surface area contributed by atoms with Crippen LogP contribution >= 0.6 is 0 Å². The molecule has 0 aromatic carbocycles. The van der Waals surface area contributed by atoms with Crippen LogP contribution in [0, 0.1) is 5.41 Å². The molecule has 0 heterocycles. The van der Waals surface area contributed by atoms with Crippen LogP contribution in [0.2, 0.25) is 0 Å². The minimum atomic E-state index is -0.757. The zero-order chi connectivity index (χ0) is 12.0.